The van der Waals surface area contributed by atoms with Crippen LogP contribution in [0.2, 0.25) is 5.02 Å². The molecule has 1 heterocycles. The molecule has 0 aromatic heterocycles. The molecule has 0 spiro atoms. The Kier molecular flexibility index (Phi) is 5.51. The fraction of sp³-hybridized carbons (Fsp3) is 0.238. The Hall–Kier alpha value is -2.79. The first kappa shape index (κ1) is 19.0. The van der Waals surface area contributed by atoms with Crippen molar-refractivity contribution >= 4 is 29.1 Å². The Morgan fingerprint density at radius 3 is 2.48 bits per heavy atom. The van der Waals surface area contributed by atoms with Crippen LogP contribution in [0.4, 0.5) is 0 Å². The number of benzene rings is 2. The molecule has 3 rings (SSSR count). The van der Waals surface area contributed by atoms with E-state index in [1.807, 2.05) is 6.92 Å². The van der Waals surface area contributed by atoms with Crippen molar-refractivity contribution in [3.05, 3.63) is 70.3 Å². The molecule has 0 aliphatic carbocycles. The standard InChI is InChI=1S/C21H20ClNO4/c1-2-3-11-23-18(13-7-9-16(24)10-8-13)17(20(26)21(23)27)19(25)14-5-4-6-15(22)12-14/h4-10,12,18,24-25H,2-3,11H2,1H3/b19-17-. The van der Waals surface area contributed by atoms with Gasteiger partial charge in [0, 0.05) is 17.1 Å². The number of halogens is 1. The number of rotatable bonds is 5. The van der Waals surface area contributed by atoms with Crippen LogP contribution in [-0.2, 0) is 9.59 Å². The number of nitrogens with zero attached hydrogens (tertiary/aromatic N) is 1. The van der Waals surface area contributed by atoms with Gasteiger partial charge < -0.3 is 15.1 Å². The molecule has 1 aliphatic heterocycles. The average molecular weight is 386 g/mol. The van der Waals surface area contributed by atoms with Gasteiger partial charge in [-0.15, -0.1) is 0 Å². The summed E-state index contributed by atoms with van der Waals surface area (Å²) < 4.78 is 0. The quantitative estimate of drug-likeness (QED) is 0.457. The summed E-state index contributed by atoms with van der Waals surface area (Å²) in [4.78, 5) is 26.8. The number of likely N-dealkylation sites (tertiary alicyclic amines) is 1. The summed E-state index contributed by atoms with van der Waals surface area (Å²) in [5.41, 5.74) is 1.05. The second-order valence-electron chi connectivity index (χ2n) is 6.45. The number of amides is 1. The van der Waals surface area contributed by atoms with Crippen LogP contribution in [0, 0.1) is 0 Å². The minimum absolute atomic E-state index is 0.0315. The van der Waals surface area contributed by atoms with Gasteiger partial charge in [0.05, 0.1) is 11.6 Å². The maximum absolute atomic E-state index is 12.7. The summed E-state index contributed by atoms with van der Waals surface area (Å²) in [6.07, 6.45) is 1.60. The molecule has 140 valence electrons. The summed E-state index contributed by atoms with van der Waals surface area (Å²) >= 11 is 6.00. The van der Waals surface area contributed by atoms with Crippen LogP contribution in [0.15, 0.2) is 54.1 Å². The van der Waals surface area contributed by atoms with E-state index < -0.39 is 17.7 Å². The van der Waals surface area contributed by atoms with Gasteiger partial charge in [-0.2, -0.15) is 0 Å². The number of hydrogen-bond acceptors (Lipinski definition) is 4. The molecule has 1 fully saturated rings. The molecule has 0 saturated carbocycles. The van der Waals surface area contributed by atoms with Crippen molar-refractivity contribution < 1.29 is 19.8 Å². The number of unbranched alkanes of at least 4 members (excludes halogenated alkanes) is 1. The third-order valence-corrected chi connectivity index (χ3v) is 4.83. The van der Waals surface area contributed by atoms with E-state index in [1.54, 1.807) is 36.4 Å². The first-order valence-corrected chi connectivity index (χ1v) is 9.15. The number of hydrogen-bond donors (Lipinski definition) is 2. The number of ketones is 1. The van der Waals surface area contributed by atoms with Crippen LogP contribution in [0.3, 0.4) is 0 Å². The molecule has 6 heteroatoms. The van der Waals surface area contributed by atoms with Gasteiger partial charge >= 0.3 is 0 Å². The molecule has 5 nitrogen and oxygen atoms in total. The highest BCUT2D eigenvalue weighted by Gasteiger charge is 2.45. The molecule has 2 N–H and O–H groups in total. The lowest BCUT2D eigenvalue weighted by Crippen LogP contribution is -2.30. The third kappa shape index (κ3) is 3.69. The Bertz CT molecular complexity index is 905. The molecule has 2 aromatic carbocycles. The lowest BCUT2D eigenvalue weighted by atomic mass is 9.95. The summed E-state index contributed by atoms with van der Waals surface area (Å²) in [6, 6.07) is 12.1. The molecule has 0 radical (unpaired) electrons. The van der Waals surface area contributed by atoms with E-state index in [0.29, 0.717) is 22.7 Å². The van der Waals surface area contributed by atoms with Gasteiger partial charge in [-0.3, -0.25) is 9.59 Å². The van der Waals surface area contributed by atoms with Gasteiger partial charge in [0.1, 0.15) is 11.5 Å². The molecule has 1 aliphatic rings. The highest BCUT2D eigenvalue weighted by atomic mass is 35.5. The number of phenolic OH excluding ortho intramolecular Hbond substituents is 1. The number of Topliss-reactive ketones (excluding diaryl/α,β-unsaturated/α-hetero) is 1. The van der Waals surface area contributed by atoms with E-state index in [2.05, 4.69) is 0 Å². The zero-order valence-corrected chi connectivity index (χ0v) is 15.6. The molecule has 2 aromatic rings. The van der Waals surface area contributed by atoms with Crippen molar-refractivity contribution in [2.24, 2.45) is 0 Å². The highest BCUT2D eigenvalue weighted by Crippen LogP contribution is 2.40. The number of aromatic hydroxyl groups is 1. The first-order valence-electron chi connectivity index (χ1n) is 8.77. The maximum atomic E-state index is 12.7. The van der Waals surface area contributed by atoms with E-state index in [4.69, 9.17) is 11.6 Å². The average Bonchev–Trinajstić information content (AvgIpc) is 2.91. The zero-order valence-electron chi connectivity index (χ0n) is 14.9. The van der Waals surface area contributed by atoms with E-state index in [1.165, 1.54) is 17.0 Å². The van der Waals surface area contributed by atoms with Crippen LogP contribution in [0.1, 0.15) is 36.9 Å². The Labute approximate surface area is 162 Å². The van der Waals surface area contributed by atoms with Crippen molar-refractivity contribution in [3.63, 3.8) is 0 Å². The fourth-order valence-corrected chi connectivity index (χ4v) is 3.42. The highest BCUT2D eigenvalue weighted by molar-refractivity contribution is 6.46. The number of carbonyl (C=O) groups excluding carboxylic acids is 2. The van der Waals surface area contributed by atoms with E-state index >= 15 is 0 Å². The maximum Gasteiger partial charge on any atom is 0.295 e. The summed E-state index contributed by atoms with van der Waals surface area (Å²) in [6.45, 7) is 2.40. The topological polar surface area (TPSA) is 77.8 Å². The third-order valence-electron chi connectivity index (χ3n) is 4.60. The normalized spacial score (nSPS) is 18.9. The van der Waals surface area contributed by atoms with Crippen molar-refractivity contribution in [1.29, 1.82) is 0 Å². The van der Waals surface area contributed by atoms with Gasteiger partial charge in [-0.1, -0.05) is 49.2 Å². The van der Waals surface area contributed by atoms with E-state index in [-0.39, 0.29) is 17.1 Å². The number of phenols is 1. The smallest absolute Gasteiger partial charge is 0.295 e. The van der Waals surface area contributed by atoms with Crippen LogP contribution in [-0.4, -0.2) is 33.3 Å². The predicted octanol–water partition coefficient (Wildman–Crippen LogP) is 4.27. The van der Waals surface area contributed by atoms with Crippen molar-refractivity contribution in [2.45, 2.75) is 25.8 Å². The Balaban J connectivity index is 2.16. The molecule has 1 saturated heterocycles. The van der Waals surface area contributed by atoms with Crippen LogP contribution in [0.25, 0.3) is 5.76 Å². The number of aliphatic hydroxyl groups is 1. The lowest BCUT2D eigenvalue weighted by molar-refractivity contribution is -0.139. The largest absolute Gasteiger partial charge is 0.508 e. The van der Waals surface area contributed by atoms with Gasteiger partial charge in [0.25, 0.3) is 11.7 Å². The second kappa shape index (κ2) is 7.84. The number of aliphatic hydroxyl groups excluding tert-OH is 1. The molecule has 1 amide bonds. The zero-order chi connectivity index (χ0) is 19.6. The fourth-order valence-electron chi connectivity index (χ4n) is 3.23. The molecule has 27 heavy (non-hydrogen) atoms. The monoisotopic (exact) mass is 385 g/mol. The Morgan fingerprint density at radius 2 is 1.85 bits per heavy atom. The van der Waals surface area contributed by atoms with Crippen LogP contribution < -0.4 is 0 Å². The second-order valence-corrected chi connectivity index (χ2v) is 6.88. The van der Waals surface area contributed by atoms with Gasteiger partial charge in [0.15, 0.2) is 0 Å². The molecular weight excluding hydrogens is 366 g/mol. The summed E-state index contributed by atoms with van der Waals surface area (Å²) in [7, 11) is 0. The van der Waals surface area contributed by atoms with E-state index in [9.17, 15) is 19.8 Å². The van der Waals surface area contributed by atoms with Crippen molar-refractivity contribution in [3.8, 4) is 5.75 Å². The first-order chi connectivity index (χ1) is 12.9. The molecule has 0 bridgehead atoms. The van der Waals surface area contributed by atoms with E-state index in [0.717, 1.165) is 12.8 Å². The van der Waals surface area contributed by atoms with Crippen LogP contribution >= 0.6 is 11.6 Å². The summed E-state index contributed by atoms with van der Waals surface area (Å²) in [5.74, 6) is -1.53. The molecule has 1 unspecified atom stereocenters. The minimum atomic E-state index is -0.721. The number of carbonyl (C=O) groups is 2. The van der Waals surface area contributed by atoms with Gasteiger partial charge in [-0.05, 0) is 36.2 Å². The molecular formula is C21H20ClNO4. The lowest BCUT2D eigenvalue weighted by Gasteiger charge is -2.25. The predicted molar refractivity (Wildman–Crippen MR) is 103 cm³/mol. The molecule has 1 atom stereocenters. The van der Waals surface area contributed by atoms with Crippen molar-refractivity contribution in [2.75, 3.05) is 6.54 Å². The van der Waals surface area contributed by atoms with Crippen molar-refractivity contribution in [1.82, 2.24) is 4.90 Å². The Morgan fingerprint density at radius 1 is 1.15 bits per heavy atom. The minimum Gasteiger partial charge on any atom is -0.508 e. The SMILES string of the molecule is CCCCN1C(=O)C(=O)/C(=C(\O)c2cccc(Cl)c2)C1c1ccc(O)cc1. The van der Waals surface area contributed by atoms with Crippen LogP contribution in [0.5, 0.6) is 5.75 Å². The van der Waals surface area contributed by atoms with Gasteiger partial charge in [0.2, 0.25) is 0 Å². The summed E-state index contributed by atoms with van der Waals surface area (Å²) in [5, 5.41) is 20.8. The van der Waals surface area contributed by atoms with Gasteiger partial charge in [-0.25, -0.2) is 0 Å².